The number of aromatic nitrogens is 1. The van der Waals surface area contributed by atoms with Crippen LogP contribution in [0.1, 0.15) is 37.0 Å². The molecule has 0 fully saturated rings. The first-order valence-corrected chi connectivity index (χ1v) is 9.52. The SMILES string of the molecule is CCN1N=C(c2ccc(NC(=O)N3Cc4ccncc4C3)cc2)[C@H](C)CC1=O. The Labute approximate surface area is 164 Å². The number of pyridine rings is 1. The van der Waals surface area contributed by atoms with Gasteiger partial charge in [0.1, 0.15) is 0 Å². The van der Waals surface area contributed by atoms with Crippen molar-refractivity contribution in [2.45, 2.75) is 33.4 Å². The summed E-state index contributed by atoms with van der Waals surface area (Å²) in [6.07, 6.45) is 4.03. The molecule has 1 N–H and O–H groups in total. The number of amides is 3. The summed E-state index contributed by atoms with van der Waals surface area (Å²) < 4.78 is 0. The first-order valence-electron chi connectivity index (χ1n) is 9.52. The van der Waals surface area contributed by atoms with E-state index in [2.05, 4.69) is 15.4 Å². The number of hydrogen-bond donors (Lipinski definition) is 1. The standard InChI is InChI=1S/C21H23N5O2/c1-3-26-19(27)10-14(2)20(24-26)15-4-6-18(7-5-15)23-21(28)25-12-16-8-9-22-11-17(16)13-25/h4-9,11,14H,3,10,12-13H2,1-2H3,(H,23,28)/t14-/m1/s1. The second-order valence-electron chi connectivity index (χ2n) is 7.21. The van der Waals surface area contributed by atoms with Crippen molar-refractivity contribution in [2.24, 2.45) is 11.0 Å². The van der Waals surface area contributed by atoms with E-state index in [0.29, 0.717) is 26.1 Å². The van der Waals surface area contributed by atoms with Gasteiger partial charge in [-0.3, -0.25) is 9.78 Å². The molecule has 0 saturated heterocycles. The second-order valence-corrected chi connectivity index (χ2v) is 7.21. The molecule has 28 heavy (non-hydrogen) atoms. The number of hydrogen-bond acceptors (Lipinski definition) is 4. The van der Waals surface area contributed by atoms with E-state index in [9.17, 15) is 9.59 Å². The number of fused-ring (bicyclic) bond motifs is 1. The highest BCUT2D eigenvalue weighted by Gasteiger charge is 2.27. The molecule has 1 atom stereocenters. The van der Waals surface area contributed by atoms with Crippen molar-refractivity contribution in [3.63, 3.8) is 0 Å². The van der Waals surface area contributed by atoms with E-state index < -0.39 is 0 Å². The molecule has 2 aliphatic heterocycles. The Hall–Kier alpha value is -3.22. The number of hydrazone groups is 1. The Morgan fingerprint density at radius 3 is 2.64 bits per heavy atom. The van der Waals surface area contributed by atoms with Crippen LogP contribution in [0.15, 0.2) is 47.8 Å². The Morgan fingerprint density at radius 2 is 1.93 bits per heavy atom. The van der Waals surface area contributed by atoms with E-state index in [-0.39, 0.29) is 17.9 Å². The van der Waals surface area contributed by atoms with E-state index in [0.717, 1.165) is 28.1 Å². The molecule has 0 bridgehead atoms. The van der Waals surface area contributed by atoms with Crippen LogP contribution in [0.4, 0.5) is 10.5 Å². The lowest BCUT2D eigenvalue weighted by molar-refractivity contribution is -0.132. The fourth-order valence-corrected chi connectivity index (χ4v) is 3.63. The van der Waals surface area contributed by atoms with Crippen LogP contribution in [0.2, 0.25) is 0 Å². The lowest BCUT2D eigenvalue weighted by atomic mass is 9.93. The molecule has 144 valence electrons. The molecule has 0 saturated carbocycles. The van der Waals surface area contributed by atoms with Crippen LogP contribution < -0.4 is 5.32 Å². The Bertz CT molecular complexity index is 913. The van der Waals surface area contributed by atoms with Gasteiger partial charge >= 0.3 is 6.03 Å². The van der Waals surface area contributed by atoms with Crippen molar-refractivity contribution >= 4 is 23.3 Å². The minimum atomic E-state index is -0.130. The van der Waals surface area contributed by atoms with Crippen LogP contribution in [0, 0.1) is 5.92 Å². The second kappa shape index (κ2) is 7.42. The number of benzene rings is 1. The summed E-state index contributed by atoms with van der Waals surface area (Å²) in [5.74, 6) is 0.136. The fourth-order valence-electron chi connectivity index (χ4n) is 3.63. The van der Waals surface area contributed by atoms with Crippen LogP contribution in [-0.2, 0) is 17.9 Å². The molecule has 0 aliphatic carbocycles. The topological polar surface area (TPSA) is 77.9 Å². The van der Waals surface area contributed by atoms with Gasteiger partial charge in [-0.05, 0) is 41.8 Å². The summed E-state index contributed by atoms with van der Waals surface area (Å²) in [5.41, 5.74) is 4.83. The predicted octanol–water partition coefficient (Wildman–Crippen LogP) is 3.22. The molecule has 1 aromatic heterocycles. The minimum Gasteiger partial charge on any atom is -0.316 e. The lowest BCUT2D eigenvalue weighted by Crippen LogP contribution is -2.36. The van der Waals surface area contributed by atoms with Crippen LogP contribution in [-0.4, -0.2) is 39.1 Å². The molecule has 2 aliphatic rings. The highest BCUT2D eigenvalue weighted by Crippen LogP contribution is 2.24. The van der Waals surface area contributed by atoms with Gasteiger partial charge in [0.2, 0.25) is 5.91 Å². The summed E-state index contributed by atoms with van der Waals surface area (Å²) in [7, 11) is 0. The number of carbonyl (C=O) groups is 2. The highest BCUT2D eigenvalue weighted by atomic mass is 16.2. The van der Waals surface area contributed by atoms with Crippen LogP contribution in [0.25, 0.3) is 0 Å². The van der Waals surface area contributed by atoms with Crippen molar-refractivity contribution in [1.29, 1.82) is 0 Å². The number of urea groups is 1. The third kappa shape index (κ3) is 3.47. The molecule has 4 rings (SSSR count). The summed E-state index contributed by atoms with van der Waals surface area (Å²) >= 11 is 0. The molecule has 0 unspecified atom stereocenters. The maximum absolute atomic E-state index is 12.6. The lowest BCUT2D eigenvalue weighted by Gasteiger charge is -2.26. The molecular formula is C21H23N5O2. The zero-order chi connectivity index (χ0) is 19.7. The first-order chi connectivity index (χ1) is 13.5. The first kappa shape index (κ1) is 18.2. The predicted molar refractivity (Wildman–Crippen MR) is 107 cm³/mol. The monoisotopic (exact) mass is 377 g/mol. The number of nitrogens with one attached hydrogen (secondary N) is 1. The Kier molecular flexibility index (Phi) is 4.81. The van der Waals surface area contributed by atoms with Crippen LogP contribution in [0.3, 0.4) is 0 Å². The number of rotatable bonds is 3. The molecule has 2 aromatic rings. The largest absolute Gasteiger partial charge is 0.322 e. The van der Waals surface area contributed by atoms with Gasteiger partial charge in [-0.2, -0.15) is 5.10 Å². The molecule has 0 spiro atoms. The molecule has 0 radical (unpaired) electrons. The minimum absolute atomic E-state index is 0.0597. The molecule has 7 nitrogen and oxygen atoms in total. The van der Waals surface area contributed by atoms with Gasteiger partial charge in [-0.15, -0.1) is 0 Å². The molecular weight excluding hydrogens is 354 g/mol. The maximum atomic E-state index is 12.6. The van der Waals surface area contributed by atoms with Crippen molar-refractivity contribution < 1.29 is 9.59 Å². The quantitative estimate of drug-likeness (QED) is 0.892. The van der Waals surface area contributed by atoms with Gasteiger partial charge in [-0.1, -0.05) is 19.1 Å². The smallest absolute Gasteiger partial charge is 0.316 e. The summed E-state index contributed by atoms with van der Waals surface area (Å²) in [4.78, 5) is 30.4. The van der Waals surface area contributed by atoms with Gasteiger partial charge in [0.15, 0.2) is 0 Å². The van der Waals surface area contributed by atoms with Gasteiger partial charge in [0.05, 0.1) is 5.71 Å². The normalized spacial score (nSPS) is 18.7. The molecule has 3 heterocycles. The Balaban J connectivity index is 1.44. The zero-order valence-electron chi connectivity index (χ0n) is 16.1. The molecule has 1 aromatic carbocycles. The van der Waals surface area contributed by atoms with E-state index >= 15 is 0 Å². The van der Waals surface area contributed by atoms with Crippen molar-refractivity contribution in [3.05, 3.63) is 59.4 Å². The van der Waals surface area contributed by atoms with Crippen molar-refractivity contribution in [1.82, 2.24) is 14.9 Å². The van der Waals surface area contributed by atoms with E-state index in [4.69, 9.17) is 0 Å². The third-order valence-corrected chi connectivity index (χ3v) is 5.21. The van der Waals surface area contributed by atoms with Crippen LogP contribution >= 0.6 is 0 Å². The van der Waals surface area contributed by atoms with E-state index in [1.54, 1.807) is 11.1 Å². The number of nitrogens with zero attached hydrogens (tertiary/aromatic N) is 4. The van der Waals surface area contributed by atoms with Gasteiger partial charge in [0.25, 0.3) is 0 Å². The summed E-state index contributed by atoms with van der Waals surface area (Å²) in [6.45, 7) is 5.66. The third-order valence-electron chi connectivity index (χ3n) is 5.21. The zero-order valence-corrected chi connectivity index (χ0v) is 16.1. The molecule has 3 amide bonds. The van der Waals surface area contributed by atoms with Crippen molar-refractivity contribution in [2.75, 3.05) is 11.9 Å². The highest BCUT2D eigenvalue weighted by molar-refractivity contribution is 6.06. The van der Waals surface area contributed by atoms with E-state index in [1.807, 2.05) is 50.4 Å². The van der Waals surface area contributed by atoms with Crippen LogP contribution in [0.5, 0.6) is 0 Å². The number of anilines is 1. The van der Waals surface area contributed by atoms with Crippen molar-refractivity contribution in [3.8, 4) is 0 Å². The van der Waals surface area contributed by atoms with E-state index in [1.165, 1.54) is 5.01 Å². The number of carbonyl (C=O) groups excluding carboxylic acids is 2. The van der Waals surface area contributed by atoms with Gasteiger partial charge in [0, 0.05) is 50.1 Å². The average molecular weight is 377 g/mol. The average Bonchev–Trinajstić information content (AvgIpc) is 3.13. The van der Waals surface area contributed by atoms with Gasteiger partial charge in [-0.25, -0.2) is 9.80 Å². The Morgan fingerprint density at radius 1 is 1.18 bits per heavy atom. The summed E-state index contributed by atoms with van der Waals surface area (Å²) in [6, 6.07) is 9.46. The van der Waals surface area contributed by atoms with Gasteiger partial charge < -0.3 is 10.2 Å². The maximum Gasteiger partial charge on any atom is 0.322 e. The summed E-state index contributed by atoms with van der Waals surface area (Å²) in [5, 5.41) is 8.98. The fraction of sp³-hybridized carbons (Fsp3) is 0.333. The molecule has 7 heteroatoms.